The summed E-state index contributed by atoms with van der Waals surface area (Å²) in [6.45, 7) is 5.32. The van der Waals surface area contributed by atoms with Gasteiger partial charge in [-0.2, -0.15) is 5.10 Å². The Labute approximate surface area is 174 Å². The van der Waals surface area contributed by atoms with Crippen LogP contribution in [0.15, 0.2) is 41.9 Å². The van der Waals surface area contributed by atoms with E-state index in [1.165, 1.54) is 6.20 Å². The van der Waals surface area contributed by atoms with Gasteiger partial charge in [-0.25, -0.2) is 9.97 Å². The van der Waals surface area contributed by atoms with Crippen LogP contribution in [0.25, 0.3) is 0 Å². The van der Waals surface area contributed by atoms with Gasteiger partial charge in [-0.1, -0.05) is 0 Å². The van der Waals surface area contributed by atoms with Gasteiger partial charge in [0.15, 0.2) is 0 Å². The highest BCUT2D eigenvalue weighted by Gasteiger charge is 2.19. The molecule has 9 nitrogen and oxygen atoms in total. The summed E-state index contributed by atoms with van der Waals surface area (Å²) in [5.74, 6) is 0.689. The average Bonchev–Trinajstić information content (AvgIpc) is 3.30. The minimum atomic E-state index is -2.91. The molecule has 3 aromatic heterocycles. The predicted octanol–water partition coefficient (Wildman–Crippen LogP) is 3.68. The van der Waals surface area contributed by atoms with Gasteiger partial charge in [-0.3, -0.25) is 7.75 Å². The maximum Gasteiger partial charge on any atom is 0.206 e. The maximum atomic E-state index is 13.3. The number of aryl methyl sites for hydroxylation is 3. The highest BCUT2D eigenvalue weighted by atomic mass is 127. The Bertz CT molecular complexity index is 930. The smallest absolute Gasteiger partial charge is 0.206 e. The second-order valence-electron chi connectivity index (χ2n) is 6.28. The van der Waals surface area contributed by atoms with Gasteiger partial charge in [0.05, 0.1) is 23.4 Å². The van der Waals surface area contributed by atoms with Crippen LogP contribution in [0.2, 0.25) is 0 Å². The summed E-state index contributed by atoms with van der Waals surface area (Å²) in [6.07, 6.45) is 7.91. The molecule has 3 rings (SSSR count). The Kier molecular flexibility index (Phi) is 6.67. The van der Waals surface area contributed by atoms with E-state index >= 15 is 0 Å². The van der Waals surface area contributed by atoms with Gasteiger partial charge >= 0.3 is 0 Å². The Morgan fingerprint density at radius 2 is 2.14 bits per heavy atom. The van der Waals surface area contributed by atoms with Crippen LogP contribution in [-0.2, 0) is 16.7 Å². The van der Waals surface area contributed by atoms with Gasteiger partial charge in [0.2, 0.25) is 19.8 Å². The SMILES string of the molecule is Cc1nn(C)c(C)c1NS([O-])(I=O)c1ccc(NCCCn2ccnc2)nc1. The van der Waals surface area contributed by atoms with Crippen molar-refractivity contribution in [1.82, 2.24) is 24.3 Å². The summed E-state index contributed by atoms with van der Waals surface area (Å²) in [4.78, 5) is 8.77. The normalized spacial score (nSPS) is 14.4. The number of anilines is 2. The lowest BCUT2D eigenvalue weighted by Crippen LogP contribution is -2.09. The average molecular weight is 516 g/mol. The van der Waals surface area contributed by atoms with Crippen molar-refractivity contribution in [2.75, 3.05) is 16.6 Å². The minimum Gasteiger partial charge on any atom is -0.784 e. The zero-order valence-corrected chi connectivity index (χ0v) is 18.9. The standard InChI is InChI=1S/C17H24IN7O2S/c1-13-17(14(2)24(3)22-13)23-28(27,18-26)15-5-6-16(21-11-15)20-7-4-9-25-10-8-19-12-25/h5-6,8,10-12,23,27H,4,7,9H2,1-3H3,(H,20,21)/p-1. The molecule has 152 valence electrons. The molecule has 0 bridgehead atoms. The fourth-order valence-corrected chi connectivity index (χ4v) is 6.25. The summed E-state index contributed by atoms with van der Waals surface area (Å²) < 4.78 is 31.8. The minimum absolute atomic E-state index is 0.432. The van der Waals surface area contributed by atoms with E-state index in [1.54, 1.807) is 29.3 Å². The molecule has 2 N–H and O–H groups in total. The molecular formula is C17H23IN7O2S-. The Hall–Kier alpha value is -1.99. The third-order valence-corrected chi connectivity index (χ3v) is 9.53. The molecule has 3 aromatic rings. The number of pyridine rings is 1. The van der Waals surface area contributed by atoms with Crippen molar-refractivity contribution < 1.29 is 7.62 Å². The molecular weight excluding hydrogens is 493 g/mol. The van der Waals surface area contributed by atoms with Gasteiger partial charge in [-0.05, 0) is 32.4 Å². The highest BCUT2D eigenvalue weighted by molar-refractivity contribution is 14.2. The second-order valence-corrected chi connectivity index (χ2v) is 12.9. The van der Waals surface area contributed by atoms with Crippen LogP contribution in [0.3, 0.4) is 0 Å². The third kappa shape index (κ3) is 4.70. The van der Waals surface area contributed by atoms with Gasteiger partial charge in [0.25, 0.3) is 0 Å². The monoisotopic (exact) mass is 516 g/mol. The molecule has 0 aliphatic carbocycles. The van der Waals surface area contributed by atoms with Crippen LogP contribution in [-0.4, -0.2) is 35.4 Å². The number of halogens is 1. The van der Waals surface area contributed by atoms with Crippen LogP contribution >= 0.6 is 27.5 Å². The van der Waals surface area contributed by atoms with Gasteiger partial charge in [0, 0.05) is 43.6 Å². The molecule has 0 saturated heterocycles. The van der Waals surface area contributed by atoms with Crippen molar-refractivity contribution in [3.8, 4) is 0 Å². The van der Waals surface area contributed by atoms with E-state index in [1.807, 2.05) is 31.7 Å². The molecule has 0 radical (unpaired) electrons. The van der Waals surface area contributed by atoms with E-state index < -0.39 is 27.5 Å². The first-order valence-corrected chi connectivity index (χ1v) is 13.7. The van der Waals surface area contributed by atoms with Crippen molar-refractivity contribution in [1.29, 1.82) is 0 Å². The van der Waals surface area contributed by atoms with Crippen molar-refractivity contribution >= 4 is 39.0 Å². The molecule has 28 heavy (non-hydrogen) atoms. The van der Waals surface area contributed by atoms with Gasteiger partial charge < -0.3 is 19.2 Å². The Morgan fingerprint density at radius 3 is 2.71 bits per heavy atom. The molecule has 0 aromatic carbocycles. The Balaban J connectivity index is 1.63. The largest absolute Gasteiger partial charge is 0.784 e. The number of hydrogen-bond acceptors (Lipinski definition) is 7. The summed E-state index contributed by atoms with van der Waals surface area (Å²) in [5, 5.41) is 7.54. The van der Waals surface area contributed by atoms with Gasteiger partial charge in [-0.15, -0.1) is 7.67 Å². The molecule has 0 saturated carbocycles. The molecule has 0 fully saturated rings. The number of nitrogens with zero attached hydrogens (tertiary/aromatic N) is 5. The van der Waals surface area contributed by atoms with Gasteiger partial charge in [0.1, 0.15) is 5.82 Å². The first-order chi connectivity index (χ1) is 13.4. The topological polar surface area (TPSA) is 113 Å². The third-order valence-electron chi connectivity index (χ3n) is 4.33. The predicted molar refractivity (Wildman–Crippen MR) is 117 cm³/mol. The number of rotatable bonds is 9. The van der Waals surface area contributed by atoms with E-state index in [-0.39, 0.29) is 0 Å². The van der Waals surface area contributed by atoms with Crippen LogP contribution in [0, 0.1) is 13.8 Å². The summed E-state index contributed by atoms with van der Waals surface area (Å²) in [5.41, 5.74) is 2.21. The van der Waals surface area contributed by atoms with Crippen molar-refractivity contribution in [2.45, 2.75) is 31.7 Å². The maximum absolute atomic E-state index is 13.3. The van der Waals surface area contributed by atoms with Crippen LogP contribution in [0.4, 0.5) is 11.5 Å². The second kappa shape index (κ2) is 9.01. The number of nitrogens with one attached hydrogen (secondary N) is 2. The summed E-state index contributed by atoms with van der Waals surface area (Å²) in [7, 11) is -1.10. The molecule has 0 spiro atoms. The van der Waals surface area contributed by atoms with E-state index in [0.29, 0.717) is 22.1 Å². The van der Waals surface area contributed by atoms with E-state index in [2.05, 4.69) is 25.1 Å². The zero-order valence-electron chi connectivity index (χ0n) is 15.9. The summed E-state index contributed by atoms with van der Waals surface area (Å²) >= 11 is -1.85. The highest BCUT2D eigenvalue weighted by Crippen LogP contribution is 2.62. The number of aromatic nitrogens is 5. The Morgan fingerprint density at radius 1 is 1.32 bits per heavy atom. The van der Waals surface area contributed by atoms with E-state index in [0.717, 1.165) is 25.2 Å². The van der Waals surface area contributed by atoms with E-state index in [4.69, 9.17) is 0 Å². The van der Waals surface area contributed by atoms with Crippen molar-refractivity contribution in [3.63, 3.8) is 0 Å². The molecule has 1 atom stereocenters. The lowest BCUT2D eigenvalue weighted by molar-refractivity contribution is 0.602. The molecule has 11 heteroatoms. The molecule has 1 unspecified atom stereocenters. The zero-order chi connectivity index (χ0) is 20.1. The fourth-order valence-electron chi connectivity index (χ4n) is 2.70. The quantitative estimate of drug-likeness (QED) is 0.330. The van der Waals surface area contributed by atoms with Crippen LogP contribution in [0.1, 0.15) is 17.8 Å². The first-order valence-electron chi connectivity index (χ1n) is 8.70. The molecule has 0 aliphatic rings. The number of imidazole rings is 1. The van der Waals surface area contributed by atoms with Crippen LogP contribution in [0.5, 0.6) is 0 Å². The van der Waals surface area contributed by atoms with Crippen LogP contribution < -0.4 is 10.0 Å². The lowest BCUT2D eigenvalue weighted by atomic mass is 10.3. The fraction of sp³-hybridized carbons (Fsp3) is 0.353. The molecule has 0 aliphatic heterocycles. The molecule has 3 heterocycles. The molecule has 0 amide bonds. The van der Waals surface area contributed by atoms with Crippen molar-refractivity contribution in [3.05, 3.63) is 48.4 Å². The first kappa shape index (κ1) is 20.7. The van der Waals surface area contributed by atoms with Crippen molar-refractivity contribution in [2.24, 2.45) is 7.05 Å². The number of hydrogen-bond donors (Lipinski definition) is 2. The van der Waals surface area contributed by atoms with E-state index in [9.17, 15) is 7.62 Å². The lowest BCUT2D eigenvalue weighted by Gasteiger charge is -2.40. The summed E-state index contributed by atoms with van der Waals surface area (Å²) in [6, 6.07) is 3.47.